The standard InChI is InChI=1S/C16H15NO3/c1-11-4-3-5-13(10-11)16(19)20-15-8-6-14(7-9-15)17-12(2)18/h3-10H,1-2H3,(H,17,18). The molecule has 2 aromatic rings. The van der Waals surface area contributed by atoms with Gasteiger partial charge in [0, 0.05) is 12.6 Å². The van der Waals surface area contributed by atoms with Gasteiger partial charge in [0.05, 0.1) is 5.56 Å². The monoisotopic (exact) mass is 269 g/mol. The van der Waals surface area contributed by atoms with Crippen molar-refractivity contribution >= 4 is 17.6 Å². The summed E-state index contributed by atoms with van der Waals surface area (Å²) in [6.07, 6.45) is 0. The van der Waals surface area contributed by atoms with E-state index in [1.807, 2.05) is 19.1 Å². The molecule has 1 amide bonds. The zero-order valence-electron chi connectivity index (χ0n) is 11.3. The van der Waals surface area contributed by atoms with Gasteiger partial charge >= 0.3 is 5.97 Å². The molecule has 0 atom stereocenters. The predicted molar refractivity (Wildman–Crippen MR) is 76.9 cm³/mol. The van der Waals surface area contributed by atoms with Crippen molar-refractivity contribution in [3.63, 3.8) is 0 Å². The molecule has 4 nitrogen and oxygen atoms in total. The van der Waals surface area contributed by atoms with Gasteiger partial charge in [-0.05, 0) is 43.3 Å². The maximum absolute atomic E-state index is 11.9. The molecular weight excluding hydrogens is 254 g/mol. The van der Waals surface area contributed by atoms with Gasteiger partial charge in [0.15, 0.2) is 0 Å². The summed E-state index contributed by atoms with van der Waals surface area (Å²) in [6, 6.07) is 13.8. The van der Waals surface area contributed by atoms with Crippen molar-refractivity contribution < 1.29 is 14.3 Å². The van der Waals surface area contributed by atoms with Crippen LogP contribution >= 0.6 is 0 Å². The third-order valence-corrected chi connectivity index (χ3v) is 2.64. The van der Waals surface area contributed by atoms with E-state index < -0.39 is 5.97 Å². The van der Waals surface area contributed by atoms with E-state index in [0.717, 1.165) is 5.56 Å². The minimum Gasteiger partial charge on any atom is -0.423 e. The van der Waals surface area contributed by atoms with Gasteiger partial charge in [-0.1, -0.05) is 17.7 Å². The van der Waals surface area contributed by atoms with Crippen molar-refractivity contribution in [1.82, 2.24) is 0 Å². The van der Waals surface area contributed by atoms with Gasteiger partial charge in [-0.3, -0.25) is 4.79 Å². The number of amides is 1. The van der Waals surface area contributed by atoms with E-state index in [1.54, 1.807) is 36.4 Å². The normalized spacial score (nSPS) is 9.90. The highest BCUT2D eigenvalue weighted by molar-refractivity contribution is 5.91. The van der Waals surface area contributed by atoms with E-state index in [4.69, 9.17) is 4.74 Å². The molecule has 2 rings (SSSR count). The van der Waals surface area contributed by atoms with Gasteiger partial charge in [0.25, 0.3) is 0 Å². The Morgan fingerprint density at radius 3 is 2.35 bits per heavy atom. The summed E-state index contributed by atoms with van der Waals surface area (Å²) >= 11 is 0. The second kappa shape index (κ2) is 6.02. The molecule has 4 heteroatoms. The van der Waals surface area contributed by atoms with Gasteiger partial charge in [-0.2, -0.15) is 0 Å². The van der Waals surface area contributed by atoms with Gasteiger partial charge in [0.2, 0.25) is 5.91 Å². The number of benzene rings is 2. The molecule has 0 aliphatic rings. The van der Waals surface area contributed by atoms with E-state index in [-0.39, 0.29) is 5.91 Å². The molecule has 1 N–H and O–H groups in total. The number of rotatable bonds is 3. The first kappa shape index (κ1) is 13.8. The summed E-state index contributed by atoms with van der Waals surface area (Å²) in [5.41, 5.74) is 2.17. The van der Waals surface area contributed by atoms with Crippen LogP contribution in [0, 0.1) is 6.92 Å². The average molecular weight is 269 g/mol. The largest absolute Gasteiger partial charge is 0.423 e. The number of carbonyl (C=O) groups is 2. The quantitative estimate of drug-likeness (QED) is 0.687. The van der Waals surface area contributed by atoms with Crippen molar-refractivity contribution in [2.45, 2.75) is 13.8 Å². The third kappa shape index (κ3) is 3.68. The maximum atomic E-state index is 11.9. The Morgan fingerprint density at radius 2 is 1.75 bits per heavy atom. The molecule has 0 saturated carbocycles. The highest BCUT2D eigenvalue weighted by atomic mass is 16.5. The molecule has 0 aliphatic carbocycles. The van der Waals surface area contributed by atoms with Crippen LogP contribution in [0.25, 0.3) is 0 Å². The van der Waals surface area contributed by atoms with Crippen LogP contribution in [0.4, 0.5) is 5.69 Å². The van der Waals surface area contributed by atoms with Crippen LogP contribution in [0.3, 0.4) is 0 Å². The van der Waals surface area contributed by atoms with Crippen molar-refractivity contribution in [3.05, 3.63) is 59.7 Å². The Hall–Kier alpha value is -2.62. The Kier molecular flexibility index (Phi) is 4.15. The Balaban J connectivity index is 2.06. The number of aryl methyl sites for hydroxylation is 1. The van der Waals surface area contributed by atoms with E-state index >= 15 is 0 Å². The number of esters is 1. The van der Waals surface area contributed by atoms with Crippen LogP contribution in [0.15, 0.2) is 48.5 Å². The molecule has 0 aliphatic heterocycles. The summed E-state index contributed by atoms with van der Waals surface area (Å²) in [4.78, 5) is 22.8. The van der Waals surface area contributed by atoms with E-state index in [2.05, 4.69) is 5.32 Å². The average Bonchev–Trinajstić information content (AvgIpc) is 2.40. The van der Waals surface area contributed by atoms with Crippen molar-refractivity contribution in [2.75, 3.05) is 5.32 Å². The summed E-state index contributed by atoms with van der Waals surface area (Å²) in [6.45, 7) is 3.35. The first-order valence-corrected chi connectivity index (χ1v) is 6.21. The molecule has 0 saturated heterocycles. The molecule has 0 fully saturated rings. The zero-order valence-corrected chi connectivity index (χ0v) is 11.3. The molecule has 0 heterocycles. The molecule has 0 radical (unpaired) electrons. The third-order valence-electron chi connectivity index (χ3n) is 2.64. The van der Waals surface area contributed by atoms with Crippen LogP contribution in [0.5, 0.6) is 5.75 Å². The van der Waals surface area contributed by atoms with Gasteiger partial charge in [0.1, 0.15) is 5.75 Å². The minimum atomic E-state index is -0.402. The van der Waals surface area contributed by atoms with Gasteiger partial charge < -0.3 is 10.1 Å². The number of carbonyl (C=O) groups excluding carboxylic acids is 2. The highest BCUT2D eigenvalue weighted by Crippen LogP contribution is 2.17. The summed E-state index contributed by atoms with van der Waals surface area (Å²) < 4.78 is 5.26. The Bertz CT molecular complexity index is 632. The maximum Gasteiger partial charge on any atom is 0.343 e. The van der Waals surface area contributed by atoms with Gasteiger partial charge in [-0.15, -0.1) is 0 Å². The SMILES string of the molecule is CC(=O)Nc1ccc(OC(=O)c2cccc(C)c2)cc1. The lowest BCUT2D eigenvalue weighted by molar-refractivity contribution is -0.114. The number of ether oxygens (including phenoxy) is 1. The molecule has 0 aromatic heterocycles. The second-order valence-electron chi connectivity index (χ2n) is 4.46. The fraction of sp³-hybridized carbons (Fsp3) is 0.125. The van der Waals surface area contributed by atoms with Crippen LogP contribution in [0.2, 0.25) is 0 Å². The first-order chi connectivity index (χ1) is 9.54. The van der Waals surface area contributed by atoms with Crippen molar-refractivity contribution in [1.29, 1.82) is 0 Å². The lowest BCUT2D eigenvalue weighted by Crippen LogP contribution is -2.09. The summed E-state index contributed by atoms with van der Waals surface area (Å²) in [5, 5.41) is 2.65. The topological polar surface area (TPSA) is 55.4 Å². The molecule has 102 valence electrons. The highest BCUT2D eigenvalue weighted by Gasteiger charge is 2.08. The molecule has 0 bridgehead atoms. The molecule has 0 spiro atoms. The Labute approximate surface area is 117 Å². The number of hydrogen-bond acceptors (Lipinski definition) is 3. The van der Waals surface area contributed by atoms with Crippen LogP contribution in [0.1, 0.15) is 22.8 Å². The van der Waals surface area contributed by atoms with Crippen LogP contribution in [-0.2, 0) is 4.79 Å². The van der Waals surface area contributed by atoms with E-state index in [1.165, 1.54) is 6.92 Å². The molecule has 0 unspecified atom stereocenters. The Morgan fingerprint density at radius 1 is 1.05 bits per heavy atom. The molecule has 20 heavy (non-hydrogen) atoms. The number of nitrogens with one attached hydrogen (secondary N) is 1. The fourth-order valence-electron chi connectivity index (χ4n) is 1.75. The number of hydrogen-bond donors (Lipinski definition) is 1. The van der Waals surface area contributed by atoms with E-state index in [9.17, 15) is 9.59 Å². The first-order valence-electron chi connectivity index (χ1n) is 6.21. The van der Waals surface area contributed by atoms with Crippen molar-refractivity contribution in [3.8, 4) is 5.75 Å². The molecular formula is C16H15NO3. The number of anilines is 1. The summed E-state index contributed by atoms with van der Waals surface area (Å²) in [5.74, 6) is -0.110. The van der Waals surface area contributed by atoms with Crippen molar-refractivity contribution in [2.24, 2.45) is 0 Å². The lowest BCUT2D eigenvalue weighted by Gasteiger charge is -2.06. The second-order valence-corrected chi connectivity index (χ2v) is 4.46. The van der Waals surface area contributed by atoms with Gasteiger partial charge in [-0.25, -0.2) is 4.79 Å². The molecule has 2 aromatic carbocycles. The van der Waals surface area contributed by atoms with Crippen LogP contribution in [-0.4, -0.2) is 11.9 Å². The summed E-state index contributed by atoms with van der Waals surface area (Å²) in [7, 11) is 0. The van der Waals surface area contributed by atoms with E-state index in [0.29, 0.717) is 17.0 Å². The fourth-order valence-corrected chi connectivity index (χ4v) is 1.75. The lowest BCUT2D eigenvalue weighted by atomic mass is 10.1. The zero-order chi connectivity index (χ0) is 14.5. The smallest absolute Gasteiger partial charge is 0.343 e. The predicted octanol–water partition coefficient (Wildman–Crippen LogP) is 3.17. The van der Waals surface area contributed by atoms with Crippen LogP contribution < -0.4 is 10.1 Å². The minimum absolute atomic E-state index is 0.144.